The number of halogens is 1. The fraction of sp³-hybridized carbons (Fsp3) is 0.533. The lowest BCUT2D eigenvalue weighted by Gasteiger charge is -2.17. The second kappa shape index (κ2) is 7.07. The van der Waals surface area contributed by atoms with Gasteiger partial charge in [0.2, 0.25) is 0 Å². The molecular weight excluding hydrogens is 308 g/mol. The van der Waals surface area contributed by atoms with Gasteiger partial charge >= 0.3 is 0 Å². The van der Waals surface area contributed by atoms with Crippen LogP contribution < -0.4 is 0 Å². The van der Waals surface area contributed by atoms with Gasteiger partial charge in [0.05, 0.1) is 11.0 Å². The summed E-state index contributed by atoms with van der Waals surface area (Å²) in [5.74, 6) is 0.0589. The molecule has 6 nitrogen and oxygen atoms in total. The number of carbonyl (C=O) groups is 1. The number of carbonyl (C=O) groups excluding carboxylic acids is 1. The minimum absolute atomic E-state index is 0.00964. The van der Waals surface area contributed by atoms with E-state index in [1.54, 1.807) is 4.90 Å². The summed E-state index contributed by atoms with van der Waals surface area (Å²) >= 11 is 5.87. The lowest BCUT2D eigenvalue weighted by Crippen LogP contribution is -2.31. The van der Waals surface area contributed by atoms with Crippen molar-refractivity contribution in [2.45, 2.75) is 26.4 Å². The van der Waals surface area contributed by atoms with Crippen LogP contribution in [0.3, 0.4) is 0 Å². The van der Waals surface area contributed by atoms with Crippen molar-refractivity contribution >= 4 is 23.2 Å². The monoisotopic (exact) mass is 326 g/mol. The largest absolute Gasteiger partial charge is 0.376 e. The van der Waals surface area contributed by atoms with Crippen molar-refractivity contribution in [1.29, 1.82) is 0 Å². The standard InChI is InChI=1S/C15H19ClN2O4/c1-10(2)9-22-12-5-6-17(8-12)15(19)13-7-11(16)3-4-14(13)18(20)21/h3-4,7,10,12H,5-6,8-9H2,1-2H3. The molecule has 0 N–H and O–H groups in total. The number of benzene rings is 1. The van der Waals surface area contributed by atoms with Crippen LogP contribution in [0.25, 0.3) is 0 Å². The maximum atomic E-state index is 12.5. The molecule has 1 aromatic rings. The Hall–Kier alpha value is -1.66. The van der Waals surface area contributed by atoms with Crippen LogP contribution in [-0.2, 0) is 4.74 Å². The molecule has 1 aliphatic heterocycles. The van der Waals surface area contributed by atoms with E-state index in [9.17, 15) is 14.9 Å². The van der Waals surface area contributed by atoms with Crippen molar-refractivity contribution in [1.82, 2.24) is 4.90 Å². The summed E-state index contributed by atoms with van der Waals surface area (Å²) in [5.41, 5.74) is -0.192. The van der Waals surface area contributed by atoms with E-state index >= 15 is 0 Å². The first kappa shape index (κ1) is 16.7. The average molecular weight is 327 g/mol. The second-order valence-corrected chi connectivity index (χ2v) is 6.24. The van der Waals surface area contributed by atoms with Crippen LogP contribution in [0.5, 0.6) is 0 Å². The molecule has 1 atom stereocenters. The molecule has 1 aliphatic rings. The van der Waals surface area contributed by atoms with Gasteiger partial charge in [-0.25, -0.2) is 0 Å². The summed E-state index contributed by atoms with van der Waals surface area (Å²) < 4.78 is 5.73. The van der Waals surface area contributed by atoms with Gasteiger partial charge in [0.1, 0.15) is 5.56 Å². The topological polar surface area (TPSA) is 72.7 Å². The van der Waals surface area contributed by atoms with Crippen LogP contribution in [0.4, 0.5) is 5.69 Å². The lowest BCUT2D eigenvalue weighted by molar-refractivity contribution is -0.385. The molecule has 0 spiro atoms. The fourth-order valence-electron chi connectivity index (χ4n) is 2.39. The number of nitro groups is 1. The summed E-state index contributed by atoms with van der Waals surface area (Å²) in [6.07, 6.45) is 0.733. The van der Waals surface area contributed by atoms with Gasteiger partial charge in [0.25, 0.3) is 11.6 Å². The van der Waals surface area contributed by atoms with Crippen LogP contribution >= 0.6 is 11.6 Å². The number of hydrogen-bond acceptors (Lipinski definition) is 4. The molecule has 22 heavy (non-hydrogen) atoms. The number of likely N-dealkylation sites (tertiary alicyclic amines) is 1. The number of nitrogens with zero attached hydrogens (tertiary/aromatic N) is 2. The van der Waals surface area contributed by atoms with Crippen molar-refractivity contribution in [3.8, 4) is 0 Å². The van der Waals surface area contributed by atoms with E-state index in [-0.39, 0.29) is 23.3 Å². The molecule has 120 valence electrons. The molecule has 1 unspecified atom stereocenters. The lowest BCUT2D eigenvalue weighted by atomic mass is 10.1. The zero-order valence-electron chi connectivity index (χ0n) is 12.6. The minimum Gasteiger partial charge on any atom is -0.376 e. The number of ether oxygens (including phenoxy) is 1. The number of amides is 1. The Kier molecular flexibility index (Phi) is 5.37. The van der Waals surface area contributed by atoms with E-state index in [1.165, 1.54) is 18.2 Å². The van der Waals surface area contributed by atoms with Gasteiger partial charge in [-0.2, -0.15) is 0 Å². The van der Waals surface area contributed by atoms with Crippen LogP contribution in [-0.4, -0.2) is 41.5 Å². The van der Waals surface area contributed by atoms with Gasteiger partial charge in [0.15, 0.2) is 0 Å². The molecule has 1 aromatic carbocycles. The van der Waals surface area contributed by atoms with Crippen molar-refractivity contribution in [2.75, 3.05) is 19.7 Å². The number of hydrogen-bond donors (Lipinski definition) is 0. The quantitative estimate of drug-likeness (QED) is 0.615. The molecule has 1 heterocycles. The molecule has 0 saturated carbocycles. The van der Waals surface area contributed by atoms with Gasteiger partial charge in [-0.05, 0) is 24.5 Å². The van der Waals surface area contributed by atoms with E-state index in [2.05, 4.69) is 13.8 Å². The number of nitro benzene ring substituents is 1. The van der Waals surface area contributed by atoms with Crippen molar-refractivity contribution in [3.63, 3.8) is 0 Å². The summed E-state index contributed by atoms with van der Waals surface area (Å²) in [4.78, 5) is 24.6. The smallest absolute Gasteiger partial charge is 0.282 e. The Morgan fingerprint density at radius 2 is 2.27 bits per heavy atom. The Morgan fingerprint density at radius 1 is 1.55 bits per heavy atom. The van der Waals surface area contributed by atoms with E-state index in [1.807, 2.05) is 0 Å². The Morgan fingerprint density at radius 3 is 2.91 bits per heavy atom. The zero-order valence-corrected chi connectivity index (χ0v) is 13.4. The number of rotatable bonds is 5. The van der Waals surface area contributed by atoms with Gasteiger partial charge in [0, 0.05) is 30.8 Å². The Labute approximate surface area is 134 Å². The summed E-state index contributed by atoms with van der Waals surface area (Å²) in [6.45, 7) is 5.75. The average Bonchev–Trinajstić information content (AvgIpc) is 2.92. The Bertz CT molecular complexity index is 577. The summed E-state index contributed by atoms with van der Waals surface area (Å²) in [7, 11) is 0. The molecule has 1 saturated heterocycles. The van der Waals surface area contributed by atoms with Crippen LogP contribution in [0.1, 0.15) is 30.6 Å². The van der Waals surface area contributed by atoms with E-state index in [0.717, 1.165) is 6.42 Å². The second-order valence-electron chi connectivity index (χ2n) is 5.81. The predicted molar refractivity (Wildman–Crippen MR) is 83.2 cm³/mol. The molecule has 0 aliphatic carbocycles. The molecule has 0 bridgehead atoms. The fourth-order valence-corrected chi connectivity index (χ4v) is 2.56. The zero-order chi connectivity index (χ0) is 16.3. The van der Waals surface area contributed by atoms with Gasteiger partial charge in [-0.1, -0.05) is 25.4 Å². The van der Waals surface area contributed by atoms with Crippen LogP contribution in [0.15, 0.2) is 18.2 Å². The predicted octanol–water partition coefficient (Wildman–Crippen LogP) is 3.14. The van der Waals surface area contributed by atoms with Gasteiger partial charge in [-0.15, -0.1) is 0 Å². The van der Waals surface area contributed by atoms with Crippen LogP contribution in [0, 0.1) is 16.0 Å². The minimum atomic E-state index is -0.563. The van der Waals surface area contributed by atoms with Gasteiger partial charge < -0.3 is 9.64 Å². The highest BCUT2D eigenvalue weighted by atomic mass is 35.5. The normalized spacial score (nSPS) is 18.0. The van der Waals surface area contributed by atoms with Crippen LogP contribution in [0.2, 0.25) is 5.02 Å². The maximum absolute atomic E-state index is 12.5. The highest BCUT2D eigenvalue weighted by Crippen LogP contribution is 2.26. The molecule has 7 heteroatoms. The summed E-state index contributed by atoms with van der Waals surface area (Å²) in [6, 6.07) is 4.03. The third-order valence-corrected chi connectivity index (χ3v) is 3.72. The van der Waals surface area contributed by atoms with E-state index < -0.39 is 4.92 Å². The highest BCUT2D eigenvalue weighted by Gasteiger charge is 2.31. The molecule has 1 amide bonds. The molecule has 1 fully saturated rings. The third-order valence-electron chi connectivity index (χ3n) is 3.48. The molecule has 2 rings (SSSR count). The highest BCUT2D eigenvalue weighted by molar-refractivity contribution is 6.31. The third kappa shape index (κ3) is 3.96. The van der Waals surface area contributed by atoms with Crippen molar-refractivity contribution < 1.29 is 14.5 Å². The summed E-state index contributed by atoms with van der Waals surface area (Å²) in [5, 5.41) is 11.4. The SMILES string of the molecule is CC(C)COC1CCN(C(=O)c2cc(Cl)ccc2[N+](=O)[O-])C1. The van der Waals surface area contributed by atoms with Crippen molar-refractivity contribution in [3.05, 3.63) is 38.9 Å². The van der Waals surface area contributed by atoms with E-state index in [4.69, 9.17) is 16.3 Å². The first-order valence-electron chi connectivity index (χ1n) is 7.23. The Balaban J connectivity index is 2.10. The maximum Gasteiger partial charge on any atom is 0.282 e. The van der Waals surface area contributed by atoms with E-state index in [0.29, 0.717) is 30.6 Å². The first-order valence-corrected chi connectivity index (χ1v) is 7.61. The molecule has 0 radical (unpaired) electrons. The molecular formula is C15H19ClN2O4. The first-order chi connectivity index (χ1) is 10.4. The molecule has 0 aromatic heterocycles. The van der Waals surface area contributed by atoms with Crippen molar-refractivity contribution in [2.24, 2.45) is 5.92 Å². The van der Waals surface area contributed by atoms with Gasteiger partial charge in [-0.3, -0.25) is 14.9 Å².